The van der Waals surface area contributed by atoms with Crippen molar-refractivity contribution < 1.29 is 4.74 Å². The molecule has 1 aliphatic heterocycles. The molecule has 6 heteroatoms. The van der Waals surface area contributed by atoms with Crippen LogP contribution in [-0.2, 0) is 4.74 Å². The minimum absolute atomic E-state index is 0.0460. The molecule has 17 heavy (non-hydrogen) atoms. The van der Waals surface area contributed by atoms with Gasteiger partial charge in [0, 0.05) is 23.3 Å². The van der Waals surface area contributed by atoms with Gasteiger partial charge < -0.3 is 10.5 Å². The highest BCUT2D eigenvalue weighted by atomic mass is 32.2. The standard InChI is InChI=1S/C11H18N4OS/c1-7-4-8(11(12)14-5-7)10(15-13)9-6-17-3-2-16-9/h4-5,9-10,15H,2-3,6,13H2,1H3,(H2,12,14). The number of thioether (sulfide) groups is 1. The van der Waals surface area contributed by atoms with E-state index in [2.05, 4.69) is 10.4 Å². The zero-order chi connectivity index (χ0) is 12.3. The number of anilines is 1. The number of hydrogen-bond acceptors (Lipinski definition) is 6. The first-order valence-corrected chi connectivity index (χ1v) is 6.75. The largest absolute Gasteiger partial charge is 0.383 e. The summed E-state index contributed by atoms with van der Waals surface area (Å²) in [4.78, 5) is 4.16. The summed E-state index contributed by atoms with van der Waals surface area (Å²) < 4.78 is 5.73. The van der Waals surface area contributed by atoms with Crippen LogP contribution >= 0.6 is 11.8 Å². The second kappa shape index (κ2) is 5.68. The van der Waals surface area contributed by atoms with Crippen LogP contribution in [0, 0.1) is 6.92 Å². The van der Waals surface area contributed by atoms with E-state index in [9.17, 15) is 0 Å². The van der Waals surface area contributed by atoms with E-state index in [0.29, 0.717) is 5.82 Å². The summed E-state index contributed by atoms with van der Waals surface area (Å²) in [7, 11) is 0. The summed E-state index contributed by atoms with van der Waals surface area (Å²) >= 11 is 1.87. The molecule has 2 heterocycles. The lowest BCUT2D eigenvalue weighted by Crippen LogP contribution is -2.41. The number of nitrogens with one attached hydrogen (secondary N) is 1. The quantitative estimate of drug-likeness (QED) is 0.541. The monoisotopic (exact) mass is 254 g/mol. The Morgan fingerprint density at radius 2 is 2.47 bits per heavy atom. The zero-order valence-electron chi connectivity index (χ0n) is 9.85. The molecule has 0 spiro atoms. The number of rotatable bonds is 3. The second-order valence-corrected chi connectivity index (χ2v) is 5.27. The fourth-order valence-electron chi connectivity index (χ4n) is 1.95. The average molecular weight is 254 g/mol. The predicted octanol–water partition coefficient (Wildman–Crippen LogP) is 0.609. The van der Waals surface area contributed by atoms with Gasteiger partial charge in [-0.15, -0.1) is 0 Å². The van der Waals surface area contributed by atoms with Gasteiger partial charge in [-0.3, -0.25) is 11.3 Å². The smallest absolute Gasteiger partial charge is 0.128 e. The Kier molecular flexibility index (Phi) is 4.22. The summed E-state index contributed by atoms with van der Waals surface area (Å²) in [6.07, 6.45) is 1.80. The van der Waals surface area contributed by atoms with Crippen molar-refractivity contribution in [3.63, 3.8) is 0 Å². The summed E-state index contributed by atoms with van der Waals surface area (Å²) in [5, 5.41) is 0. The van der Waals surface area contributed by atoms with Crippen LogP contribution in [0.3, 0.4) is 0 Å². The topological polar surface area (TPSA) is 86.2 Å². The molecule has 1 aliphatic rings. The highest BCUT2D eigenvalue weighted by Gasteiger charge is 2.27. The third kappa shape index (κ3) is 2.90. The van der Waals surface area contributed by atoms with Crippen molar-refractivity contribution >= 4 is 17.6 Å². The van der Waals surface area contributed by atoms with E-state index in [4.69, 9.17) is 16.3 Å². The second-order valence-electron chi connectivity index (χ2n) is 4.12. The normalized spacial score (nSPS) is 22.4. The van der Waals surface area contributed by atoms with Gasteiger partial charge in [0.1, 0.15) is 5.82 Å². The van der Waals surface area contributed by atoms with E-state index in [-0.39, 0.29) is 12.1 Å². The van der Waals surface area contributed by atoms with Crippen molar-refractivity contribution in [1.29, 1.82) is 0 Å². The van der Waals surface area contributed by atoms with Crippen molar-refractivity contribution in [2.24, 2.45) is 5.84 Å². The summed E-state index contributed by atoms with van der Waals surface area (Å²) in [5.74, 6) is 8.10. The molecule has 5 N–H and O–H groups in total. The summed E-state index contributed by atoms with van der Waals surface area (Å²) in [6, 6.07) is 1.91. The summed E-state index contributed by atoms with van der Waals surface area (Å²) in [6.45, 7) is 2.74. The Balaban J connectivity index is 2.24. The number of nitrogen functional groups attached to an aromatic ring is 1. The molecule has 0 radical (unpaired) electrons. The molecule has 1 fully saturated rings. The Morgan fingerprint density at radius 1 is 1.65 bits per heavy atom. The van der Waals surface area contributed by atoms with Crippen molar-refractivity contribution in [2.45, 2.75) is 19.1 Å². The van der Waals surface area contributed by atoms with E-state index >= 15 is 0 Å². The molecule has 5 nitrogen and oxygen atoms in total. The molecule has 94 valence electrons. The van der Waals surface area contributed by atoms with Crippen molar-refractivity contribution in [3.8, 4) is 0 Å². The molecule has 0 amide bonds. The minimum atomic E-state index is -0.102. The minimum Gasteiger partial charge on any atom is -0.383 e. The van der Waals surface area contributed by atoms with Crippen molar-refractivity contribution in [2.75, 3.05) is 23.8 Å². The molecule has 0 aromatic carbocycles. The molecule has 2 atom stereocenters. The SMILES string of the molecule is Cc1cnc(N)c(C(NN)C2CSCCO2)c1. The molecule has 2 rings (SSSR count). The maximum Gasteiger partial charge on any atom is 0.128 e. The fraction of sp³-hybridized carbons (Fsp3) is 0.545. The Labute approximate surface area is 105 Å². The lowest BCUT2D eigenvalue weighted by molar-refractivity contribution is 0.0469. The average Bonchev–Trinajstić information content (AvgIpc) is 2.36. The van der Waals surface area contributed by atoms with Gasteiger partial charge in [0.05, 0.1) is 18.8 Å². The maximum atomic E-state index is 5.90. The van der Waals surface area contributed by atoms with Gasteiger partial charge in [0.15, 0.2) is 0 Å². The van der Waals surface area contributed by atoms with Crippen LogP contribution in [0.2, 0.25) is 0 Å². The Morgan fingerprint density at radius 3 is 3.12 bits per heavy atom. The molecule has 0 aliphatic carbocycles. The number of nitrogens with two attached hydrogens (primary N) is 2. The van der Waals surface area contributed by atoms with Crippen molar-refractivity contribution in [3.05, 3.63) is 23.4 Å². The van der Waals surface area contributed by atoms with E-state index in [1.54, 1.807) is 6.20 Å². The van der Waals surface area contributed by atoms with E-state index in [0.717, 1.165) is 29.2 Å². The highest BCUT2D eigenvalue weighted by Crippen LogP contribution is 2.28. The van der Waals surface area contributed by atoms with E-state index in [1.807, 2.05) is 24.8 Å². The molecule has 0 bridgehead atoms. The van der Waals surface area contributed by atoms with Crippen LogP contribution in [-0.4, -0.2) is 29.2 Å². The summed E-state index contributed by atoms with van der Waals surface area (Å²) in [5.41, 5.74) is 10.7. The Hall–Kier alpha value is -0.820. The first kappa shape index (κ1) is 12.6. The molecule has 1 saturated heterocycles. The van der Waals surface area contributed by atoms with Gasteiger partial charge in [0.25, 0.3) is 0 Å². The fourth-order valence-corrected chi connectivity index (χ4v) is 2.85. The van der Waals surface area contributed by atoms with E-state index < -0.39 is 0 Å². The van der Waals surface area contributed by atoms with Crippen LogP contribution in [0.5, 0.6) is 0 Å². The van der Waals surface area contributed by atoms with Gasteiger partial charge in [0.2, 0.25) is 0 Å². The first-order valence-electron chi connectivity index (χ1n) is 5.60. The van der Waals surface area contributed by atoms with Crippen LogP contribution in [0.25, 0.3) is 0 Å². The van der Waals surface area contributed by atoms with E-state index in [1.165, 1.54) is 0 Å². The van der Waals surface area contributed by atoms with Gasteiger partial charge in [-0.05, 0) is 18.6 Å². The van der Waals surface area contributed by atoms with Gasteiger partial charge in [-0.2, -0.15) is 11.8 Å². The molecule has 0 saturated carbocycles. The molecule has 2 unspecified atom stereocenters. The van der Waals surface area contributed by atoms with Crippen LogP contribution in [0.15, 0.2) is 12.3 Å². The number of aromatic nitrogens is 1. The van der Waals surface area contributed by atoms with Crippen molar-refractivity contribution in [1.82, 2.24) is 10.4 Å². The number of hydrazine groups is 1. The number of nitrogens with zero attached hydrogens (tertiary/aromatic N) is 1. The zero-order valence-corrected chi connectivity index (χ0v) is 10.7. The molecule has 1 aromatic rings. The van der Waals surface area contributed by atoms with Gasteiger partial charge in [-0.1, -0.05) is 0 Å². The number of pyridine rings is 1. The Bertz CT molecular complexity index is 382. The number of hydrogen-bond donors (Lipinski definition) is 3. The number of ether oxygens (including phenoxy) is 1. The third-order valence-corrected chi connectivity index (χ3v) is 3.83. The molecular weight excluding hydrogens is 236 g/mol. The van der Waals surface area contributed by atoms with Gasteiger partial charge in [-0.25, -0.2) is 4.98 Å². The lowest BCUT2D eigenvalue weighted by Gasteiger charge is -2.30. The predicted molar refractivity (Wildman–Crippen MR) is 70.5 cm³/mol. The highest BCUT2D eigenvalue weighted by molar-refractivity contribution is 7.99. The maximum absolute atomic E-state index is 5.90. The molecule has 1 aromatic heterocycles. The first-order chi connectivity index (χ1) is 8.22. The van der Waals surface area contributed by atoms with Crippen LogP contribution in [0.1, 0.15) is 17.2 Å². The number of aryl methyl sites for hydroxylation is 1. The molecular formula is C11H18N4OS. The van der Waals surface area contributed by atoms with Crippen LogP contribution in [0.4, 0.5) is 5.82 Å². The van der Waals surface area contributed by atoms with Gasteiger partial charge >= 0.3 is 0 Å². The lowest BCUT2D eigenvalue weighted by atomic mass is 10.0. The third-order valence-electron chi connectivity index (χ3n) is 2.81. The van der Waals surface area contributed by atoms with Crippen LogP contribution < -0.4 is 17.0 Å².